The average Bonchev–Trinajstić information content (AvgIpc) is 2.85. The molecule has 0 bridgehead atoms. The molecule has 0 aliphatic heterocycles. The SMILES string of the molecule is COC(=O)CCNC(=O)[C@@H](CC(=O)[C@H](CC(C)C)NC(=O)[C@@H](CC=O)CCSC)Cc1ccccc1. The predicted molar refractivity (Wildman–Crippen MR) is 141 cm³/mol. The quantitative estimate of drug-likeness (QED) is 0.226. The second-order valence-corrected chi connectivity index (χ2v) is 10.2. The Bertz CT molecular complexity index is 846. The van der Waals surface area contributed by atoms with Gasteiger partial charge in [-0.2, -0.15) is 11.8 Å². The molecular weight excluding hydrogens is 480 g/mol. The zero-order chi connectivity index (χ0) is 26.9. The van der Waals surface area contributed by atoms with Crippen molar-refractivity contribution in [2.75, 3.05) is 25.7 Å². The number of rotatable bonds is 18. The Kier molecular flexibility index (Phi) is 15.4. The highest BCUT2D eigenvalue weighted by Gasteiger charge is 2.30. The van der Waals surface area contributed by atoms with Crippen molar-refractivity contribution in [3.63, 3.8) is 0 Å². The van der Waals surface area contributed by atoms with Crippen LogP contribution in [0.15, 0.2) is 30.3 Å². The van der Waals surface area contributed by atoms with Gasteiger partial charge in [-0.1, -0.05) is 44.2 Å². The lowest BCUT2D eigenvalue weighted by Crippen LogP contribution is -2.46. The molecule has 8 nitrogen and oxygen atoms in total. The van der Waals surface area contributed by atoms with E-state index in [1.165, 1.54) is 7.11 Å². The smallest absolute Gasteiger partial charge is 0.307 e. The van der Waals surface area contributed by atoms with Crippen LogP contribution < -0.4 is 10.6 Å². The Hall–Kier alpha value is -2.68. The number of thioether (sulfide) groups is 1. The number of hydrogen-bond acceptors (Lipinski definition) is 7. The van der Waals surface area contributed by atoms with Crippen LogP contribution in [-0.4, -0.2) is 61.6 Å². The first-order valence-corrected chi connectivity index (χ1v) is 13.7. The number of benzene rings is 1. The van der Waals surface area contributed by atoms with Gasteiger partial charge < -0.3 is 20.2 Å². The molecule has 0 saturated carbocycles. The Morgan fingerprint density at radius 3 is 2.33 bits per heavy atom. The van der Waals surface area contributed by atoms with Crippen LogP contribution in [0.3, 0.4) is 0 Å². The molecule has 0 radical (unpaired) electrons. The minimum atomic E-state index is -0.748. The summed E-state index contributed by atoms with van der Waals surface area (Å²) in [5.74, 6) is -1.57. The molecule has 0 saturated heterocycles. The van der Waals surface area contributed by atoms with Gasteiger partial charge in [0, 0.05) is 31.2 Å². The van der Waals surface area contributed by atoms with E-state index in [1.807, 2.05) is 50.4 Å². The molecule has 0 aliphatic rings. The number of esters is 1. The van der Waals surface area contributed by atoms with Crippen molar-refractivity contribution in [3.05, 3.63) is 35.9 Å². The highest BCUT2D eigenvalue weighted by atomic mass is 32.2. The van der Waals surface area contributed by atoms with Gasteiger partial charge >= 0.3 is 5.97 Å². The number of carbonyl (C=O) groups is 5. The van der Waals surface area contributed by atoms with Gasteiger partial charge in [0.25, 0.3) is 0 Å². The molecule has 3 atom stereocenters. The second kappa shape index (κ2) is 17.7. The van der Waals surface area contributed by atoms with Gasteiger partial charge in [0.1, 0.15) is 6.29 Å². The van der Waals surface area contributed by atoms with Crippen molar-refractivity contribution >= 4 is 41.6 Å². The number of ether oxygens (including phenoxy) is 1. The third-order valence-electron chi connectivity index (χ3n) is 5.83. The normalized spacial score (nSPS) is 13.4. The summed E-state index contributed by atoms with van der Waals surface area (Å²) in [7, 11) is 1.28. The maximum atomic E-state index is 13.4. The molecule has 36 heavy (non-hydrogen) atoms. The largest absolute Gasteiger partial charge is 0.469 e. The highest BCUT2D eigenvalue weighted by Crippen LogP contribution is 2.18. The van der Waals surface area contributed by atoms with Crippen LogP contribution >= 0.6 is 11.8 Å². The fourth-order valence-corrected chi connectivity index (χ4v) is 4.36. The van der Waals surface area contributed by atoms with Crippen LogP contribution in [0.25, 0.3) is 0 Å². The topological polar surface area (TPSA) is 119 Å². The number of nitrogens with one attached hydrogen (secondary N) is 2. The number of ketones is 1. The maximum Gasteiger partial charge on any atom is 0.307 e. The molecule has 0 unspecified atom stereocenters. The van der Waals surface area contributed by atoms with E-state index < -0.39 is 23.8 Å². The van der Waals surface area contributed by atoms with E-state index in [1.54, 1.807) is 11.8 Å². The fraction of sp³-hybridized carbons (Fsp3) is 0.593. The summed E-state index contributed by atoms with van der Waals surface area (Å²) in [6.07, 6.45) is 4.09. The van der Waals surface area contributed by atoms with Gasteiger partial charge in [-0.25, -0.2) is 0 Å². The molecule has 200 valence electrons. The molecule has 0 aliphatic carbocycles. The summed E-state index contributed by atoms with van der Waals surface area (Å²) in [6, 6.07) is 8.65. The molecular formula is C27H40N2O6S. The van der Waals surface area contributed by atoms with Crippen molar-refractivity contribution in [3.8, 4) is 0 Å². The van der Waals surface area contributed by atoms with Crippen molar-refractivity contribution in [2.45, 2.75) is 58.4 Å². The number of amides is 2. The zero-order valence-corrected chi connectivity index (χ0v) is 22.6. The number of hydrogen-bond donors (Lipinski definition) is 2. The van der Waals surface area contributed by atoms with Gasteiger partial charge in [0.15, 0.2) is 5.78 Å². The first-order valence-electron chi connectivity index (χ1n) is 12.4. The molecule has 0 aromatic heterocycles. The van der Waals surface area contributed by atoms with Crippen molar-refractivity contribution < 1.29 is 28.7 Å². The molecule has 0 spiro atoms. The third-order valence-corrected chi connectivity index (χ3v) is 6.48. The Labute approximate surface area is 218 Å². The summed E-state index contributed by atoms with van der Waals surface area (Å²) >= 11 is 1.59. The van der Waals surface area contributed by atoms with Crippen molar-refractivity contribution in [1.29, 1.82) is 0 Å². The van der Waals surface area contributed by atoms with E-state index >= 15 is 0 Å². The van der Waals surface area contributed by atoms with E-state index in [0.29, 0.717) is 19.3 Å². The number of aldehydes is 1. The van der Waals surface area contributed by atoms with E-state index in [4.69, 9.17) is 0 Å². The monoisotopic (exact) mass is 520 g/mol. The van der Waals surface area contributed by atoms with E-state index in [2.05, 4.69) is 15.4 Å². The Balaban J connectivity index is 3.00. The van der Waals surface area contributed by atoms with Crippen LogP contribution in [0.5, 0.6) is 0 Å². The lowest BCUT2D eigenvalue weighted by molar-refractivity contribution is -0.140. The van der Waals surface area contributed by atoms with Gasteiger partial charge in [-0.3, -0.25) is 19.2 Å². The summed E-state index contributed by atoms with van der Waals surface area (Å²) in [5, 5.41) is 5.60. The van der Waals surface area contributed by atoms with Crippen molar-refractivity contribution in [2.24, 2.45) is 17.8 Å². The van der Waals surface area contributed by atoms with Crippen LogP contribution in [0, 0.1) is 17.8 Å². The van der Waals surface area contributed by atoms with Gasteiger partial charge in [-0.15, -0.1) is 0 Å². The fourth-order valence-electron chi connectivity index (χ4n) is 3.84. The molecule has 0 heterocycles. The minimum absolute atomic E-state index is 0.0362. The lowest BCUT2D eigenvalue weighted by atomic mass is 9.88. The summed E-state index contributed by atoms with van der Waals surface area (Å²) in [4.78, 5) is 61.8. The molecule has 1 aromatic carbocycles. The van der Waals surface area contributed by atoms with Crippen LogP contribution in [0.1, 0.15) is 51.5 Å². The summed E-state index contributed by atoms with van der Waals surface area (Å²) in [5.41, 5.74) is 0.908. The van der Waals surface area contributed by atoms with Gasteiger partial charge in [-0.05, 0) is 42.8 Å². The molecule has 2 N–H and O–H groups in total. The number of carbonyl (C=O) groups excluding carboxylic acids is 5. The predicted octanol–water partition coefficient (Wildman–Crippen LogP) is 2.97. The molecule has 0 fully saturated rings. The van der Waals surface area contributed by atoms with Gasteiger partial charge in [0.2, 0.25) is 11.8 Å². The van der Waals surface area contributed by atoms with E-state index in [0.717, 1.165) is 17.6 Å². The van der Waals surface area contributed by atoms with E-state index in [9.17, 15) is 24.0 Å². The lowest BCUT2D eigenvalue weighted by Gasteiger charge is -2.24. The molecule has 1 rings (SSSR count). The molecule has 9 heteroatoms. The van der Waals surface area contributed by atoms with Gasteiger partial charge in [0.05, 0.1) is 19.6 Å². The number of methoxy groups -OCH3 is 1. The summed E-state index contributed by atoms with van der Waals surface area (Å²) < 4.78 is 4.61. The maximum absolute atomic E-state index is 13.4. The zero-order valence-electron chi connectivity index (χ0n) is 21.8. The molecule has 1 aromatic rings. The average molecular weight is 521 g/mol. The first kappa shape index (κ1) is 31.4. The van der Waals surface area contributed by atoms with Crippen LogP contribution in [-0.2, 0) is 35.1 Å². The van der Waals surface area contributed by atoms with Crippen LogP contribution in [0.2, 0.25) is 0 Å². The number of Topliss-reactive ketones (excluding diaryl/α,β-unsaturated/α-hetero) is 1. The molecule has 2 amide bonds. The highest BCUT2D eigenvalue weighted by molar-refractivity contribution is 7.98. The third kappa shape index (κ3) is 12.3. The summed E-state index contributed by atoms with van der Waals surface area (Å²) in [6.45, 7) is 4.04. The first-order chi connectivity index (χ1) is 17.2. The Morgan fingerprint density at radius 1 is 1.06 bits per heavy atom. The standard InChI is InChI=1S/C27H40N2O6S/c1-19(2)16-23(29-27(34)21(11-14-30)12-15-36-4)24(31)18-22(17-20-8-6-5-7-9-20)26(33)28-13-10-25(32)35-3/h5-9,14,19,21-23H,10-13,15-18H2,1-4H3,(H,28,33)(H,29,34)/t21-,22+,23-/m0/s1. The van der Waals surface area contributed by atoms with E-state index in [-0.39, 0.29) is 49.3 Å². The minimum Gasteiger partial charge on any atom is -0.469 e. The second-order valence-electron chi connectivity index (χ2n) is 9.25. The van der Waals surface area contributed by atoms with Crippen LogP contribution in [0.4, 0.5) is 0 Å². The Morgan fingerprint density at radius 2 is 1.75 bits per heavy atom. The van der Waals surface area contributed by atoms with Crippen molar-refractivity contribution in [1.82, 2.24) is 10.6 Å².